The molecule has 4 amide bonds. The van der Waals surface area contributed by atoms with Gasteiger partial charge in [0.2, 0.25) is 11.8 Å². The summed E-state index contributed by atoms with van der Waals surface area (Å²) in [6, 6.07) is 4.40. The number of halogens is 3. The molecule has 3 fully saturated rings. The third kappa shape index (κ3) is 5.74. The van der Waals surface area contributed by atoms with Crippen LogP contribution >= 0.6 is 0 Å². The topological polar surface area (TPSA) is 139 Å². The average molecular weight is 525 g/mol. The lowest BCUT2D eigenvalue weighted by Crippen LogP contribution is -2.54. The lowest BCUT2D eigenvalue weighted by Gasteiger charge is -2.44. The van der Waals surface area contributed by atoms with Crippen molar-refractivity contribution >= 4 is 35.3 Å². The number of imide groups is 2. The van der Waals surface area contributed by atoms with Gasteiger partial charge in [-0.05, 0) is 24.6 Å². The second-order valence-corrected chi connectivity index (χ2v) is 9.30. The van der Waals surface area contributed by atoms with Crippen LogP contribution in [-0.4, -0.2) is 103 Å². The normalized spacial score (nSPS) is 22.7. The molecule has 0 radical (unpaired) electrons. The molecule has 14 heteroatoms. The molecule has 4 aliphatic rings. The van der Waals surface area contributed by atoms with Crippen molar-refractivity contribution < 1.29 is 42.3 Å². The van der Waals surface area contributed by atoms with E-state index < -0.39 is 35.9 Å². The quantitative estimate of drug-likeness (QED) is 0.466. The van der Waals surface area contributed by atoms with Gasteiger partial charge in [-0.15, -0.1) is 0 Å². The summed E-state index contributed by atoms with van der Waals surface area (Å²) in [5, 5.41) is 12.7. The Morgan fingerprint density at radius 3 is 2.24 bits per heavy atom. The molecule has 3 N–H and O–H groups in total. The van der Waals surface area contributed by atoms with Gasteiger partial charge in [-0.3, -0.25) is 29.4 Å². The molecule has 1 aromatic carbocycles. The number of hydrogen-bond donors (Lipinski definition) is 3. The van der Waals surface area contributed by atoms with Gasteiger partial charge < -0.3 is 20.2 Å². The minimum atomic E-state index is -5.08. The van der Waals surface area contributed by atoms with Gasteiger partial charge in [0, 0.05) is 63.8 Å². The zero-order valence-electron chi connectivity index (χ0n) is 19.7. The Kier molecular flexibility index (Phi) is 7.50. The average Bonchev–Trinajstić information content (AvgIpc) is 3.06. The first-order valence-corrected chi connectivity index (χ1v) is 11.8. The van der Waals surface area contributed by atoms with E-state index in [9.17, 15) is 32.3 Å². The minimum absolute atomic E-state index is 0.122. The maximum absolute atomic E-state index is 13.0. The van der Waals surface area contributed by atoms with Crippen molar-refractivity contribution in [2.45, 2.75) is 25.1 Å². The van der Waals surface area contributed by atoms with Crippen molar-refractivity contribution in [3.05, 3.63) is 29.3 Å². The molecule has 4 heterocycles. The van der Waals surface area contributed by atoms with E-state index in [4.69, 9.17) is 9.90 Å². The van der Waals surface area contributed by atoms with Crippen LogP contribution in [0.4, 0.5) is 18.9 Å². The van der Waals surface area contributed by atoms with Gasteiger partial charge in [-0.25, -0.2) is 4.79 Å². The van der Waals surface area contributed by atoms with E-state index >= 15 is 0 Å². The molecule has 0 aliphatic carbocycles. The number of carbonyl (C=O) groups is 5. The first-order chi connectivity index (χ1) is 17.5. The van der Waals surface area contributed by atoms with E-state index in [2.05, 4.69) is 20.4 Å². The smallest absolute Gasteiger partial charge is 0.475 e. The summed E-state index contributed by atoms with van der Waals surface area (Å²) >= 11 is 0. The van der Waals surface area contributed by atoms with Gasteiger partial charge >= 0.3 is 12.1 Å². The highest BCUT2D eigenvalue weighted by Gasteiger charge is 2.45. The number of carboxylic acids is 1. The summed E-state index contributed by atoms with van der Waals surface area (Å²) < 4.78 is 31.7. The molecule has 5 rings (SSSR count). The Morgan fingerprint density at radius 1 is 1.03 bits per heavy atom. The molecular weight excluding hydrogens is 499 g/mol. The predicted molar refractivity (Wildman–Crippen MR) is 122 cm³/mol. The van der Waals surface area contributed by atoms with Crippen LogP contribution in [0.25, 0.3) is 0 Å². The van der Waals surface area contributed by atoms with Crippen molar-refractivity contribution in [1.82, 2.24) is 20.4 Å². The molecule has 3 saturated heterocycles. The lowest BCUT2D eigenvalue weighted by molar-refractivity contribution is -0.192. The van der Waals surface area contributed by atoms with Crippen LogP contribution in [0.5, 0.6) is 0 Å². The Hall–Kier alpha value is -3.52. The highest BCUT2D eigenvalue weighted by atomic mass is 19.4. The fraction of sp³-hybridized carbons (Fsp3) is 0.522. The van der Waals surface area contributed by atoms with E-state index in [1.165, 1.54) is 0 Å². The van der Waals surface area contributed by atoms with Crippen LogP contribution in [0, 0.1) is 5.92 Å². The molecule has 0 saturated carbocycles. The lowest BCUT2D eigenvalue weighted by atomic mass is 9.97. The van der Waals surface area contributed by atoms with Gasteiger partial charge in [-0.2, -0.15) is 13.2 Å². The van der Waals surface area contributed by atoms with E-state index in [1.807, 2.05) is 6.07 Å². The van der Waals surface area contributed by atoms with Crippen molar-refractivity contribution in [2.75, 3.05) is 50.7 Å². The number of hydrogen-bond acceptors (Lipinski definition) is 8. The molecule has 1 aromatic rings. The third-order valence-electron chi connectivity index (χ3n) is 6.71. The highest BCUT2D eigenvalue weighted by Crippen LogP contribution is 2.33. The largest absolute Gasteiger partial charge is 0.490 e. The van der Waals surface area contributed by atoms with Crippen LogP contribution in [0.2, 0.25) is 0 Å². The SMILES string of the molecule is O=C(O)C(F)(F)F.O=C1CCC(N2C(=O)c3ccc(N4CC(CN5CCNCC5)C4)cc3C2=O)C(=O)N1. The standard InChI is InChI=1S/C21H25N5O4.C2HF3O2/c27-18-4-3-17(19(28)23-18)26-20(29)15-2-1-14(9-16(15)21(26)30)25-11-13(12-25)10-24-7-5-22-6-8-24;3-2(4,5)1(6)7/h1-2,9,13,17,22H,3-8,10-12H2,(H,23,27,28);(H,6,7). The van der Waals surface area contributed by atoms with Gasteiger partial charge in [0.1, 0.15) is 6.04 Å². The van der Waals surface area contributed by atoms with Gasteiger partial charge in [0.15, 0.2) is 0 Å². The Bertz CT molecular complexity index is 1110. The molecule has 0 spiro atoms. The minimum Gasteiger partial charge on any atom is -0.475 e. The van der Waals surface area contributed by atoms with E-state index in [-0.39, 0.29) is 18.7 Å². The van der Waals surface area contributed by atoms with Crippen LogP contribution in [0.1, 0.15) is 33.6 Å². The Balaban J connectivity index is 0.000000405. The number of nitrogens with zero attached hydrogens (tertiary/aromatic N) is 3. The van der Waals surface area contributed by atoms with Gasteiger partial charge in [0.25, 0.3) is 11.8 Å². The van der Waals surface area contributed by atoms with Crippen LogP contribution < -0.4 is 15.5 Å². The monoisotopic (exact) mass is 525 g/mol. The van der Waals surface area contributed by atoms with Crippen LogP contribution in [0.3, 0.4) is 0 Å². The van der Waals surface area contributed by atoms with Gasteiger partial charge in [-0.1, -0.05) is 0 Å². The number of piperazine rings is 1. The van der Waals surface area contributed by atoms with E-state index in [1.54, 1.807) is 12.1 Å². The number of piperidine rings is 1. The summed E-state index contributed by atoms with van der Waals surface area (Å²) in [5.41, 5.74) is 1.59. The fourth-order valence-corrected chi connectivity index (χ4v) is 4.81. The summed E-state index contributed by atoms with van der Waals surface area (Å²) in [4.78, 5) is 63.9. The first kappa shape index (κ1) is 26.5. The molecular formula is C23H26F3N5O6. The number of anilines is 1. The molecule has 37 heavy (non-hydrogen) atoms. The summed E-state index contributed by atoms with van der Waals surface area (Å²) in [7, 11) is 0. The number of rotatable bonds is 4. The number of amides is 4. The number of alkyl halides is 3. The number of aliphatic carboxylic acids is 1. The second-order valence-electron chi connectivity index (χ2n) is 9.30. The highest BCUT2D eigenvalue weighted by molar-refractivity contribution is 6.23. The number of carboxylic acid groups (broad SMARTS) is 1. The fourth-order valence-electron chi connectivity index (χ4n) is 4.81. The van der Waals surface area contributed by atoms with Gasteiger partial charge in [0.05, 0.1) is 11.1 Å². The molecule has 1 unspecified atom stereocenters. The predicted octanol–water partition coefficient (Wildman–Crippen LogP) is 0.0625. The molecule has 0 bridgehead atoms. The molecule has 11 nitrogen and oxygen atoms in total. The van der Waals surface area contributed by atoms with Crippen LogP contribution in [0.15, 0.2) is 18.2 Å². The maximum Gasteiger partial charge on any atom is 0.490 e. The van der Waals surface area contributed by atoms with E-state index in [0.717, 1.165) is 56.4 Å². The Morgan fingerprint density at radius 2 is 1.65 bits per heavy atom. The number of carbonyl (C=O) groups excluding carboxylic acids is 4. The molecule has 200 valence electrons. The summed E-state index contributed by atoms with van der Waals surface area (Å²) in [6.45, 7) is 7.21. The molecule has 1 atom stereocenters. The van der Waals surface area contributed by atoms with E-state index in [0.29, 0.717) is 17.0 Å². The molecule has 0 aromatic heterocycles. The summed E-state index contributed by atoms with van der Waals surface area (Å²) in [6.07, 6.45) is -4.79. The van der Waals surface area contributed by atoms with Crippen molar-refractivity contribution in [3.63, 3.8) is 0 Å². The van der Waals surface area contributed by atoms with Crippen molar-refractivity contribution in [2.24, 2.45) is 5.92 Å². The number of fused-ring (bicyclic) bond motifs is 1. The number of nitrogens with one attached hydrogen (secondary N) is 2. The first-order valence-electron chi connectivity index (χ1n) is 11.8. The zero-order valence-corrected chi connectivity index (χ0v) is 19.7. The zero-order chi connectivity index (χ0) is 26.9. The maximum atomic E-state index is 13.0. The van der Waals surface area contributed by atoms with Crippen molar-refractivity contribution in [3.8, 4) is 0 Å². The Labute approximate surface area is 209 Å². The third-order valence-corrected chi connectivity index (χ3v) is 6.71. The summed E-state index contributed by atoms with van der Waals surface area (Å²) in [5.74, 6) is -4.02. The molecule has 4 aliphatic heterocycles. The van der Waals surface area contributed by atoms with Crippen LogP contribution in [-0.2, 0) is 14.4 Å². The number of benzene rings is 1. The second kappa shape index (κ2) is 10.5. The van der Waals surface area contributed by atoms with Crippen molar-refractivity contribution in [1.29, 1.82) is 0 Å².